The number of urea groups is 1. The van der Waals surface area contributed by atoms with E-state index in [1.54, 1.807) is 0 Å². The molecular formula is C12H22N2O3. The Morgan fingerprint density at radius 3 is 2.53 bits per heavy atom. The summed E-state index contributed by atoms with van der Waals surface area (Å²) in [6.07, 6.45) is 5.68. The van der Waals surface area contributed by atoms with Crippen LogP contribution in [-0.4, -0.2) is 29.2 Å². The van der Waals surface area contributed by atoms with Crippen LogP contribution in [0.25, 0.3) is 0 Å². The highest BCUT2D eigenvalue weighted by atomic mass is 16.4. The largest absolute Gasteiger partial charge is 0.480 e. The van der Waals surface area contributed by atoms with Crippen molar-refractivity contribution in [1.82, 2.24) is 10.6 Å². The smallest absolute Gasteiger partial charge is 0.329 e. The molecule has 1 unspecified atom stereocenters. The maximum Gasteiger partial charge on any atom is 0.329 e. The topological polar surface area (TPSA) is 78.4 Å². The van der Waals surface area contributed by atoms with Gasteiger partial charge in [-0.25, -0.2) is 9.59 Å². The predicted molar refractivity (Wildman–Crippen MR) is 66.9 cm³/mol. The first-order chi connectivity index (χ1) is 7.96. The third-order valence-corrected chi connectivity index (χ3v) is 2.44. The molecule has 0 saturated heterocycles. The van der Waals surface area contributed by atoms with E-state index >= 15 is 0 Å². The van der Waals surface area contributed by atoms with E-state index in [1.165, 1.54) is 6.92 Å². The van der Waals surface area contributed by atoms with Crippen molar-refractivity contribution in [3.05, 3.63) is 12.2 Å². The normalized spacial score (nSPS) is 14.3. The van der Waals surface area contributed by atoms with Gasteiger partial charge < -0.3 is 15.7 Å². The highest BCUT2D eigenvalue weighted by Gasteiger charge is 2.33. The van der Waals surface area contributed by atoms with Crippen LogP contribution < -0.4 is 10.6 Å². The third-order valence-electron chi connectivity index (χ3n) is 2.44. The Labute approximate surface area is 102 Å². The van der Waals surface area contributed by atoms with Gasteiger partial charge in [0.2, 0.25) is 0 Å². The van der Waals surface area contributed by atoms with Gasteiger partial charge in [0.25, 0.3) is 0 Å². The number of rotatable bonds is 7. The van der Waals surface area contributed by atoms with E-state index in [0.717, 1.165) is 6.42 Å². The molecule has 0 rings (SSSR count). The van der Waals surface area contributed by atoms with E-state index < -0.39 is 17.5 Å². The number of nitrogens with one attached hydrogen (secondary N) is 2. The fourth-order valence-corrected chi connectivity index (χ4v) is 1.45. The van der Waals surface area contributed by atoms with Crippen molar-refractivity contribution in [3.63, 3.8) is 0 Å². The van der Waals surface area contributed by atoms with Crippen LogP contribution in [0.3, 0.4) is 0 Å². The van der Waals surface area contributed by atoms with E-state index in [1.807, 2.05) is 26.0 Å². The zero-order chi connectivity index (χ0) is 13.3. The SMILES string of the molecule is C/C=C/CCNC(=O)NC(C)(CCC)C(=O)O. The molecule has 0 bridgehead atoms. The second kappa shape index (κ2) is 7.70. The van der Waals surface area contributed by atoms with Crippen LogP contribution in [0.2, 0.25) is 0 Å². The van der Waals surface area contributed by atoms with E-state index in [-0.39, 0.29) is 0 Å². The highest BCUT2D eigenvalue weighted by Crippen LogP contribution is 2.12. The molecule has 2 amide bonds. The minimum Gasteiger partial charge on any atom is -0.480 e. The summed E-state index contributed by atoms with van der Waals surface area (Å²) in [6, 6.07) is -0.437. The molecule has 3 N–H and O–H groups in total. The highest BCUT2D eigenvalue weighted by molar-refractivity contribution is 5.85. The average Bonchev–Trinajstić information content (AvgIpc) is 2.24. The van der Waals surface area contributed by atoms with E-state index in [9.17, 15) is 9.59 Å². The number of carboxylic acid groups (broad SMARTS) is 1. The molecule has 0 spiro atoms. The predicted octanol–water partition coefficient (Wildman–Crippen LogP) is 1.90. The molecule has 5 nitrogen and oxygen atoms in total. The van der Waals surface area contributed by atoms with Crippen molar-refractivity contribution in [2.24, 2.45) is 0 Å². The number of amides is 2. The molecular weight excluding hydrogens is 220 g/mol. The molecule has 0 heterocycles. The van der Waals surface area contributed by atoms with Crippen LogP contribution in [0, 0.1) is 0 Å². The molecule has 17 heavy (non-hydrogen) atoms. The number of carbonyl (C=O) groups is 2. The summed E-state index contributed by atoms with van der Waals surface area (Å²) in [7, 11) is 0. The van der Waals surface area contributed by atoms with Crippen molar-refractivity contribution in [1.29, 1.82) is 0 Å². The van der Waals surface area contributed by atoms with Gasteiger partial charge in [0, 0.05) is 6.54 Å². The summed E-state index contributed by atoms with van der Waals surface area (Å²) in [5.41, 5.74) is -1.20. The molecule has 0 aliphatic rings. The minimum atomic E-state index is -1.20. The van der Waals surface area contributed by atoms with Gasteiger partial charge in [-0.3, -0.25) is 0 Å². The van der Waals surface area contributed by atoms with E-state index in [4.69, 9.17) is 5.11 Å². The van der Waals surface area contributed by atoms with Crippen LogP contribution >= 0.6 is 0 Å². The standard InChI is InChI=1S/C12H22N2O3/c1-4-6-7-9-13-11(17)14-12(3,8-5-2)10(15)16/h4,6H,5,7-9H2,1-3H3,(H,15,16)(H2,13,14,17)/b6-4+. The lowest BCUT2D eigenvalue weighted by atomic mass is 9.97. The second-order valence-corrected chi connectivity index (χ2v) is 4.13. The number of hydrogen-bond donors (Lipinski definition) is 3. The first kappa shape index (κ1) is 15.5. The first-order valence-electron chi connectivity index (χ1n) is 5.87. The fraction of sp³-hybridized carbons (Fsp3) is 0.667. The van der Waals surface area contributed by atoms with E-state index in [0.29, 0.717) is 19.4 Å². The maximum absolute atomic E-state index is 11.5. The molecule has 0 aromatic heterocycles. The molecule has 98 valence electrons. The number of carboxylic acids is 1. The zero-order valence-corrected chi connectivity index (χ0v) is 10.7. The Kier molecular flexibility index (Phi) is 7.02. The van der Waals surface area contributed by atoms with Gasteiger partial charge in [-0.05, 0) is 26.7 Å². The summed E-state index contributed by atoms with van der Waals surface area (Å²) in [5, 5.41) is 14.2. The maximum atomic E-state index is 11.5. The van der Waals surface area contributed by atoms with Crippen molar-refractivity contribution in [3.8, 4) is 0 Å². The van der Waals surface area contributed by atoms with Gasteiger partial charge in [0.05, 0.1) is 0 Å². The van der Waals surface area contributed by atoms with Crippen LogP contribution in [0.5, 0.6) is 0 Å². The summed E-state index contributed by atoms with van der Waals surface area (Å²) in [6.45, 7) is 5.80. The lowest BCUT2D eigenvalue weighted by Gasteiger charge is -2.25. The Bertz CT molecular complexity index is 289. The number of allylic oxidation sites excluding steroid dienone is 1. The van der Waals surface area contributed by atoms with Crippen LogP contribution in [0.1, 0.15) is 40.0 Å². The second-order valence-electron chi connectivity index (χ2n) is 4.13. The number of hydrogen-bond acceptors (Lipinski definition) is 2. The molecule has 1 atom stereocenters. The Balaban J connectivity index is 4.18. The van der Waals surface area contributed by atoms with Gasteiger partial charge in [0.15, 0.2) is 0 Å². The molecule has 0 aromatic carbocycles. The molecule has 5 heteroatoms. The Hall–Kier alpha value is -1.52. The average molecular weight is 242 g/mol. The van der Waals surface area contributed by atoms with Gasteiger partial charge in [-0.2, -0.15) is 0 Å². The monoisotopic (exact) mass is 242 g/mol. The van der Waals surface area contributed by atoms with Crippen molar-refractivity contribution in [2.75, 3.05) is 6.54 Å². The Morgan fingerprint density at radius 2 is 2.06 bits per heavy atom. The summed E-state index contributed by atoms with van der Waals surface area (Å²) >= 11 is 0. The lowest BCUT2D eigenvalue weighted by Crippen LogP contribution is -2.55. The van der Waals surface area contributed by atoms with Crippen molar-refractivity contribution >= 4 is 12.0 Å². The summed E-state index contributed by atoms with van der Waals surface area (Å²) in [4.78, 5) is 22.6. The van der Waals surface area contributed by atoms with Gasteiger partial charge in [-0.1, -0.05) is 25.5 Å². The van der Waals surface area contributed by atoms with E-state index in [2.05, 4.69) is 10.6 Å². The van der Waals surface area contributed by atoms with Gasteiger partial charge in [0.1, 0.15) is 5.54 Å². The van der Waals surface area contributed by atoms with Crippen LogP contribution in [0.4, 0.5) is 4.79 Å². The molecule has 0 fully saturated rings. The molecule has 0 aliphatic carbocycles. The molecule has 0 aromatic rings. The molecule has 0 radical (unpaired) electrons. The quantitative estimate of drug-likeness (QED) is 0.471. The molecule has 0 aliphatic heterocycles. The van der Waals surface area contributed by atoms with Crippen LogP contribution in [-0.2, 0) is 4.79 Å². The lowest BCUT2D eigenvalue weighted by molar-refractivity contribution is -0.144. The number of aliphatic carboxylic acids is 1. The molecule has 0 saturated carbocycles. The summed E-state index contributed by atoms with van der Waals surface area (Å²) in [5.74, 6) is -1.01. The van der Waals surface area contributed by atoms with Gasteiger partial charge >= 0.3 is 12.0 Å². The minimum absolute atomic E-state index is 0.407. The van der Waals surface area contributed by atoms with Crippen LogP contribution in [0.15, 0.2) is 12.2 Å². The fourth-order valence-electron chi connectivity index (χ4n) is 1.45. The van der Waals surface area contributed by atoms with Gasteiger partial charge in [-0.15, -0.1) is 0 Å². The summed E-state index contributed by atoms with van der Waals surface area (Å²) < 4.78 is 0. The third kappa shape index (κ3) is 5.94. The van der Waals surface area contributed by atoms with Crippen molar-refractivity contribution < 1.29 is 14.7 Å². The zero-order valence-electron chi connectivity index (χ0n) is 10.7. The van der Waals surface area contributed by atoms with Crippen molar-refractivity contribution in [2.45, 2.75) is 45.6 Å². The number of carbonyl (C=O) groups excluding carboxylic acids is 1. The first-order valence-corrected chi connectivity index (χ1v) is 5.87. The Morgan fingerprint density at radius 1 is 1.41 bits per heavy atom.